The summed E-state index contributed by atoms with van der Waals surface area (Å²) >= 11 is 0. The summed E-state index contributed by atoms with van der Waals surface area (Å²) in [5, 5.41) is 58.4. The van der Waals surface area contributed by atoms with Crippen molar-refractivity contribution in [3.63, 3.8) is 0 Å². The van der Waals surface area contributed by atoms with Crippen molar-refractivity contribution in [2.24, 2.45) is 0 Å². The normalized spacial score (nSPS) is 25.3. The van der Waals surface area contributed by atoms with Gasteiger partial charge in [0.2, 0.25) is 11.7 Å². The number of rotatable bonds is 4. The average Bonchev–Trinajstić information content (AvgIpc) is 2.73. The van der Waals surface area contributed by atoms with Crippen LogP contribution in [0.1, 0.15) is 0 Å². The van der Waals surface area contributed by atoms with Crippen LogP contribution in [-0.4, -0.2) is 80.9 Å². The van der Waals surface area contributed by atoms with Gasteiger partial charge in [-0.15, -0.1) is 0 Å². The number of benzene rings is 2. The van der Waals surface area contributed by atoms with E-state index in [9.17, 15) is 48.4 Å². The Labute approximate surface area is 232 Å². The number of hydrogen-bond donors (Lipinski definition) is 6. The zero-order valence-corrected chi connectivity index (χ0v) is 21.3. The Hall–Kier alpha value is -1.34. The molecule has 0 radical (unpaired) electrons. The molecule has 0 amide bonds. The molecule has 0 saturated carbocycles. The van der Waals surface area contributed by atoms with Gasteiger partial charge in [0.05, 0.1) is 12.0 Å². The van der Waals surface area contributed by atoms with Gasteiger partial charge in [0, 0.05) is 6.07 Å². The van der Waals surface area contributed by atoms with Crippen molar-refractivity contribution in [3.8, 4) is 17.2 Å². The first-order valence-electron chi connectivity index (χ1n) is 9.33. The molecule has 178 valence electrons. The van der Waals surface area contributed by atoms with Crippen LogP contribution >= 0.6 is 0 Å². The Bertz CT molecular complexity index is 1400. The number of aliphatic hydroxyl groups excluding tert-OH is 4. The van der Waals surface area contributed by atoms with Crippen molar-refractivity contribution in [2.75, 3.05) is 6.61 Å². The number of aliphatic hydroxyl groups is 4. The summed E-state index contributed by atoms with van der Waals surface area (Å²) in [5.41, 5.74) is -2.33. The molecule has 6 N–H and O–H groups in total. The molecule has 1 aromatic heterocycles. The van der Waals surface area contributed by atoms with Crippen LogP contribution in [0, 0.1) is 0 Å². The number of para-hydroxylation sites is 1. The summed E-state index contributed by atoms with van der Waals surface area (Å²) < 4.78 is 51.2. The van der Waals surface area contributed by atoms with Crippen LogP contribution in [-0.2, 0) is 14.9 Å². The predicted molar refractivity (Wildman–Crippen MR) is 106 cm³/mol. The van der Waals surface area contributed by atoms with E-state index in [0.717, 1.165) is 0 Å². The summed E-state index contributed by atoms with van der Waals surface area (Å²) in [4.78, 5) is 11.7. The molecule has 34 heavy (non-hydrogen) atoms. The zero-order chi connectivity index (χ0) is 24.2. The van der Waals surface area contributed by atoms with E-state index < -0.39 is 85.8 Å². The van der Waals surface area contributed by atoms with E-state index in [-0.39, 0.29) is 62.5 Å². The Balaban J connectivity index is 0.00000324. The van der Waals surface area contributed by atoms with Crippen LogP contribution in [0.2, 0.25) is 0 Å². The van der Waals surface area contributed by atoms with Crippen LogP contribution in [0.15, 0.2) is 38.4 Å². The van der Waals surface area contributed by atoms with E-state index in [2.05, 4.69) is 0 Å². The average molecular weight is 524 g/mol. The quantitative estimate of drug-likeness (QED) is 0.107. The fourth-order valence-electron chi connectivity index (χ4n) is 3.59. The van der Waals surface area contributed by atoms with Crippen molar-refractivity contribution in [1.29, 1.82) is 0 Å². The van der Waals surface area contributed by atoms with Crippen molar-refractivity contribution < 1.29 is 109 Å². The molecule has 2 heterocycles. The summed E-state index contributed by atoms with van der Waals surface area (Å²) in [6, 6.07) is 4.28. The molecule has 1 fully saturated rings. The van der Waals surface area contributed by atoms with Crippen LogP contribution in [0.5, 0.6) is 17.2 Å². The first-order chi connectivity index (χ1) is 15.5. The van der Waals surface area contributed by atoms with E-state index in [1.165, 1.54) is 18.2 Å². The standard InChI is InChI=1S/C19H18O13S.K/c20-5-10-13(24)14(25)15(26)19(31-10)30-9-3-1-2-6-12(23)11-7(21)4-8(22)18(33(27,28)29)17(11)32-16(6)9;/h1-4,10,13-15,19-22,24-26H,5H2,(H,27,28,29);/q;+1/p-1/t10-,13-,14+,15-,19-;/m1./s1. The first kappa shape index (κ1) is 27.2. The van der Waals surface area contributed by atoms with E-state index in [0.29, 0.717) is 6.07 Å². The second-order valence-corrected chi connectivity index (χ2v) is 8.60. The molecule has 0 aliphatic carbocycles. The third kappa shape index (κ3) is 4.59. The van der Waals surface area contributed by atoms with E-state index in [1.54, 1.807) is 0 Å². The molecule has 3 aromatic rings. The Kier molecular flexibility index (Phi) is 7.98. The SMILES string of the molecule is O=c1c2cccc(O[C@@H]3O[C@H](CO)[C@@H](O)[C@H](O)[C@H]3O)c2oc2c(S(=O)(=O)[O-])c(O)cc(O)c12.[K+]. The zero-order valence-electron chi connectivity index (χ0n) is 17.4. The van der Waals surface area contributed by atoms with Gasteiger partial charge in [-0.2, -0.15) is 0 Å². The molecule has 0 spiro atoms. The molecule has 1 aliphatic heterocycles. The van der Waals surface area contributed by atoms with Crippen LogP contribution in [0.25, 0.3) is 21.9 Å². The first-order valence-corrected chi connectivity index (χ1v) is 10.7. The molecule has 1 saturated heterocycles. The van der Waals surface area contributed by atoms with Crippen molar-refractivity contribution in [1.82, 2.24) is 0 Å². The minimum atomic E-state index is -5.37. The monoisotopic (exact) mass is 524 g/mol. The number of phenols is 2. The second-order valence-electron chi connectivity index (χ2n) is 7.28. The largest absolute Gasteiger partial charge is 1.00 e. The van der Waals surface area contributed by atoms with Gasteiger partial charge in [-0.25, -0.2) is 8.42 Å². The number of phenolic OH excluding ortho intramolecular Hbond substituents is 2. The smallest absolute Gasteiger partial charge is 0.744 e. The molecule has 13 nitrogen and oxygen atoms in total. The minimum Gasteiger partial charge on any atom is -0.744 e. The van der Waals surface area contributed by atoms with Gasteiger partial charge >= 0.3 is 51.4 Å². The van der Waals surface area contributed by atoms with Crippen LogP contribution in [0.4, 0.5) is 0 Å². The van der Waals surface area contributed by atoms with Gasteiger partial charge in [-0.3, -0.25) is 4.79 Å². The molecule has 0 unspecified atom stereocenters. The fourth-order valence-corrected chi connectivity index (χ4v) is 4.28. The summed E-state index contributed by atoms with van der Waals surface area (Å²) in [6.45, 7) is -0.733. The molecule has 5 atom stereocenters. The molecular formula is C19H17KO13S. The molecule has 2 aromatic carbocycles. The maximum absolute atomic E-state index is 13.0. The summed E-state index contributed by atoms with van der Waals surface area (Å²) in [5.74, 6) is -2.32. The van der Waals surface area contributed by atoms with Crippen molar-refractivity contribution in [3.05, 3.63) is 34.5 Å². The molecule has 4 rings (SSSR count). The van der Waals surface area contributed by atoms with Gasteiger partial charge in [0.1, 0.15) is 56.3 Å². The fraction of sp³-hybridized carbons (Fsp3) is 0.316. The maximum atomic E-state index is 13.0. The molecular weight excluding hydrogens is 507 g/mol. The van der Waals surface area contributed by atoms with E-state index in [4.69, 9.17) is 13.9 Å². The second kappa shape index (κ2) is 9.96. The van der Waals surface area contributed by atoms with Gasteiger partial charge < -0.3 is 49.1 Å². The van der Waals surface area contributed by atoms with Gasteiger partial charge in [0.15, 0.2) is 16.9 Å². The minimum absolute atomic E-state index is 0. The summed E-state index contributed by atoms with van der Waals surface area (Å²) in [7, 11) is -5.37. The van der Waals surface area contributed by atoms with E-state index >= 15 is 0 Å². The number of aromatic hydroxyl groups is 2. The number of fused-ring (bicyclic) bond motifs is 2. The van der Waals surface area contributed by atoms with Gasteiger partial charge in [0.25, 0.3) is 0 Å². The third-order valence-corrected chi connectivity index (χ3v) is 6.09. The van der Waals surface area contributed by atoms with Crippen molar-refractivity contribution >= 4 is 32.1 Å². The molecule has 15 heteroatoms. The molecule has 1 aliphatic rings. The Morgan fingerprint density at radius 2 is 1.71 bits per heavy atom. The van der Waals surface area contributed by atoms with Gasteiger partial charge in [-0.05, 0) is 12.1 Å². The van der Waals surface area contributed by atoms with Crippen LogP contribution < -0.4 is 61.6 Å². The number of hydrogen-bond acceptors (Lipinski definition) is 13. The van der Waals surface area contributed by atoms with Crippen molar-refractivity contribution in [2.45, 2.75) is 35.6 Å². The Morgan fingerprint density at radius 1 is 1.03 bits per heavy atom. The van der Waals surface area contributed by atoms with Gasteiger partial charge in [-0.1, -0.05) is 6.07 Å². The summed E-state index contributed by atoms with van der Waals surface area (Å²) in [6.07, 6.45) is -8.21. The predicted octanol–water partition coefficient (Wildman–Crippen LogP) is -4.56. The van der Waals surface area contributed by atoms with Crippen LogP contribution in [0.3, 0.4) is 0 Å². The third-order valence-electron chi connectivity index (χ3n) is 5.19. The molecule has 0 bridgehead atoms. The maximum Gasteiger partial charge on any atom is 1.00 e. The number of ether oxygens (including phenoxy) is 2. The topological polar surface area (TPSA) is 227 Å². The van der Waals surface area contributed by atoms with E-state index in [1.807, 2.05) is 0 Å². The Morgan fingerprint density at radius 3 is 2.32 bits per heavy atom.